The third-order valence-electron chi connectivity index (χ3n) is 8.38. The highest BCUT2D eigenvalue weighted by molar-refractivity contribution is 5.93. The smallest absolute Gasteiger partial charge is 0.243 e. The molecule has 2 aromatic rings. The Labute approximate surface area is 244 Å². The molecule has 8 heteroatoms. The van der Waals surface area contributed by atoms with Crippen molar-refractivity contribution in [3.63, 3.8) is 0 Å². The monoisotopic (exact) mass is 562 g/mol. The Morgan fingerprint density at radius 3 is 2.29 bits per heavy atom. The van der Waals surface area contributed by atoms with Gasteiger partial charge in [0.1, 0.15) is 24.4 Å². The molecule has 0 spiro atoms. The van der Waals surface area contributed by atoms with E-state index < -0.39 is 18.1 Å². The minimum absolute atomic E-state index is 0.00531. The summed E-state index contributed by atoms with van der Waals surface area (Å²) < 4.78 is 6.22. The molecular formula is C33H46N4O4. The van der Waals surface area contributed by atoms with Crippen molar-refractivity contribution in [1.29, 1.82) is 0 Å². The second kappa shape index (κ2) is 14.0. The molecule has 3 unspecified atom stereocenters. The normalized spacial score (nSPS) is 26.6. The number of ether oxygens (including phenoxy) is 1. The predicted molar refractivity (Wildman–Crippen MR) is 161 cm³/mol. The van der Waals surface area contributed by atoms with E-state index in [-0.39, 0.29) is 41.5 Å². The van der Waals surface area contributed by atoms with Crippen LogP contribution in [0.15, 0.2) is 54.6 Å². The van der Waals surface area contributed by atoms with Crippen molar-refractivity contribution in [2.75, 3.05) is 20.2 Å². The molecule has 1 aliphatic carbocycles. The van der Waals surface area contributed by atoms with Gasteiger partial charge in [0, 0.05) is 26.1 Å². The average molecular weight is 563 g/mol. The summed E-state index contributed by atoms with van der Waals surface area (Å²) in [5.41, 5.74) is 2.11. The number of likely N-dealkylation sites (N-methyl/N-ethyl adjacent to an activating group) is 1. The van der Waals surface area contributed by atoms with Gasteiger partial charge in [-0.1, -0.05) is 76.2 Å². The zero-order valence-corrected chi connectivity index (χ0v) is 25.1. The molecule has 1 fully saturated rings. The second-order valence-corrected chi connectivity index (χ2v) is 12.2. The number of amides is 3. The largest absolute Gasteiger partial charge is 0.492 e. The zero-order valence-electron chi connectivity index (χ0n) is 25.1. The topological polar surface area (TPSA) is 99.8 Å². The fourth-order valence-electron chi connectivity index (χ4n) is 6.23. The molecule has 1 heterocycles. The number of carbonyl (C=O) groups is 3. The number of fused-ring (bicyclic) bond motifs is 4. The van der Waals surface area contributed by atoms with Gasteiger partial charge in [-0.15, -0.1) is 0 Å². The van der Waals surface area contributed by atoms with Crippen LogP contribution in [0.5, 0.6) is 5.75 Å². The van der Waals surface area contributed by atoms with Crippen LogP contribution in [0.25, 0.3) is 0 Å². The number of nitrogens with one attached hydrogen (secondary N) is 3. The minimum Gasteiger partial charge on any atom is -0.492 e. The van der Waals surface area contributed by atoms with Gasteiger partial charge in [-0.2, -0.15) is 0 Å². The molecule has 0 radical (unpaired) electrons. The quantitative estimate of drug-likeness (QED) is 0.528. The van der Waals surface area contributed by atoms with E-state index >= 15 is 0 Å². The first-order chi connectivity index (χ1) is 19.7. The third kappa shape index (κ3) is 7.67. The highest BCUT2D eigenvalue weighted by Gasteiger charge is 2.37. The van der Waals surface area contributed by atoms with Crippen LogP contribution in [0.1, 0.15) is 64.0 Å². The first kappa shape index (κ1) is 30.6. The number of hydrogen-bond donors (Lipinski definition) is 3. The van der Waals surface area contributed by atoms with Crippen LogP contribution in [-0.4, -0.2) is 67.0 Å². The molecule has 3 amide bonds. The van der Waals surface area contributed by atoms with E-state index in [9.17, 15) is 14.4 Å². The Morgan fingerprint density at radius 2 is 1.59 bits per heavy atom. The van der Waals surface area contributed by atoms with Gasteiger partial charge in [0.2, 0.25) is 17.7 Å². The number of para-hydroxylation sites is 1. The summed E-state index contributed by atoms with van der Waals surface area (Å²) in [6, 6.07) is 15.9. The maximum Gasteiger partial charge on any atom is 0.243 e. The summed E-state index contributed by atoms with van der Waals surface area (Å²) >= 11 is 0. The molecule has 4 rings (SSSR count). The van der Waals surface area contributed by atoms with Gasteiger partial charge in [0.15, 0.2) is 0 Å². The maximum absolute atomic E-state index is 13.8. The average Bonchev–Trinajstić information content (AvgIpc) is 3.40. The molecule has 2 aliphatic rings. The molecule has 0 saturated heterocycles. The van der Waals surface area contributed by atoms with Gasteiger partial charge >= 0.3 is 0 Å². The summed E-state index contributed by atoms with van der Waals surface area (Å²) in [5.74, 6) is 0.302. The second-order valence-electron chi connectivity index (χ2n) is 12.2. The van der Waals surface area contributed by atoms with Crippen LogP contribution >= 0.6 is 0 Å². The summed E-state index contributed by atoms with van der Waals surface area (Å²) in [6.45, 7) is 8.75. The summed E-state index contributed by atoms with van der Waals surface area (Å²) in [7, 11) is 1.68. The third-order valence-corrected chi connectivity index (χ3v) is 8.38. The number of rotatable bonds is 4. The highest BCUT2D eigenvalue weighted by atomic mass is 16.5. The molecule has 2 aromatic carbocycles. The number of benzene rings is 2. The van der Waals surface area contributed by atoms with Gasteiger partial charge in [-0.25, -0.2) is 0 Å². The molecule has 5 atom stereocenters. The Kier molecular flexibility index (Phi) is 10.4. The van der Waals surface area contributed by atoms with E-state index in [1.807, 2.05) is 76.2 Å². The van der Waals surface area contributed by atoms with Crippen molar-refractivity contribution in [2.45, 2.75) is 83.5 Å². The molecule has 41 heavy (non-hydrogen) atoms. The van der Waals surface area contributed by atoms with Crippen molar-refractivity contribution in [3.8, 4) is 5.75 Å². The van der Waals surface area contributed by atoms with Crippen molar-refractivity contribution in [3.05, 3.63) is 65.7 Å². The van der Waals surface area contributed by atoms with Gasteiger partial charge in [-0.05, 0) is 54.2 Å². The number of carbonyl (C=O) groups excluding carboxylic acids is 3. The summed E-state index contributed by atoms with van der Waals surface area (Å²) in [4.78, 5) is 42.8. The molecule has 2 bridgehead atoms. The molecular weight excluding hydrogens is 516 g/mol. The lowest BCUT2D eigenvalue weighted by Crippen LogP contribution is -2.59. The van der Waals surface area contributed by atoms with Gasteiger partial charge < -0.3 is 25.6 Å². The molecule has 222 valence electrons. The maximum atomic E-state index is 13.8. The predicted octanol–water partition coefficient (Wildman–Crippen LogP) is 3.66. The molecule has 0 aromatic heterocycles. The van der Waals surface area contributed by atoms with E-state index in [1.165, 1.54) is 4.90 Å². The van der Waals surface area contributed by atoms with Gasteiger partial charge in [-0.3, -0.25) is 14.4 Å². The van der Waals surface area contributed by atoms with Crippen molar-refractivity contribution >= 4 is 17.7 Å². The van der Waals surface area contributed by atoms with Crippen molar-refractivity contribution in [1.82, 2.24) is 20.9 Å². The fraction of sp³-hybridized carbons (Fsp3) is 0.545. The van der Waals surface area contributed by atoms with Crippen LogP contribution in [0.4, 0.5) is 0 Å². The van der Waals surface area contributed by atoms with Gasteiger partial charge in [0.05, 0.1) is 6.04 Å². The Balaban J connectivity index is 1.66. The summed E-state index contributed by atoms with van der Waals surface area (Å²) in [6.07, 6.45) is 2.99. The Bertz CT molecular complexity index is 1180. The van der Waals surface area contributed by atoms with Crippen LogP contribution in [0.2, 0.25) is 0 Å². The lowest BCUT2D eigenvalue weighted by molar-refractivity contribution is -0.143. The Morgan fingerprint density at radius 1 is 0.878 bits per heavy atom. The standard InChI is InChI=1S/C33H46N4O4/c1-21(2)29-33(40)37(5)30(22(3)4)32(39)36-27(19-23-11-7-6-8-12-23)31(38)35-25-16-15-24(20-25)26-13-9-10-14-28(26)41-18-17-34-29/h6-14,21-22,24-25,27,29-30,34H,15-20H2,1-5H3,(H,35,38)(H,36,39)/t24?,25?,27-,29+,30?/m1/s1. The van der Waals surface area contributed by atoms with Gasteiger partial charge in [0.25, 0.3) is 0 Å². The van der Waals surface area contributed by atoms with E-state index in [0.717, 1.165) is 36.1 Å². The van der Waals surface area contributed by atoms with Crippen molar-refractivity contribution < 1.29 is 19.1 Å². The molecule has 3 N–H and O–H groups in total. The van der Waals surface area contributed by atoms with E-state index in [2.05, 4.69) is 22.0 Å². The Hall–Kier alpha value is -3.39. The van der Waals surface area contributed by atoms with Crippen LogP contribution in [0.3, 0.4) is 0 Å². The fourth-order valence-corrected chi connectivity index (χ4v) is 6.23. The minimum atomic E-state index is -0.762. The number of hydrogen-bond acceptors (Lipinski definition) is 5. The lowest BCUT2D eigenvalue weighted by Gasteiger charge is -2.35. The molecule has 1 aliphatic heterocycles. The first-order valence-corrected chi connectivity index (χ1v) is 15.0. The SMILES string of the molecule is CC(C)C1C(=O)N[C@H](Cc2ccccc2)C(=O)NC2CCC(C2)c2ccccc2OCCN[C@@H](C(C)C)C(=O)N1C. The number of nitrogens with zero attached hydrogens (tertiary/aromatic N) is 1. The van der Waals surface area contributed by atoms with E-state index in [1.54, 1.807) is 7.05 Å². The van der Waals surface area contributed by atoms with E-state index in [0.29, 0.717) is 19.6 Å². The highest BCUT2D eigenvalue weighted by Crippen LogP contribution is 2.39. The zero-order chi connectivity index (χ0) is 29.5. The van der Waals surface area contributed by atoms with Crippen LogP contribution in [0, 0.1) is 11.8 Å². The summed E-state index contributed by atoms with van der Waals surface area (Å²) in [5, 5.41) is 9.65. The lowest BCUT2D eigenvalue weighted by atomic mass is 9.96. The van der Waals surface area contributed by atoms with E-state index in [4.69, 9.17) is 4.74 Å². The molecule has 1 saturated carbocycles. The van der Waals surface area contributed by atoms with Crippen LogP contribution in [-0.2, 0) is 20.8 Å². The molecule has 8 nitrogen and oxygen atoms in total. The first-order valence-electron chi connectivity index (χ1n) is 15.0. The van der Waals surface area contributed by atoms with Crippen molar-refractivity contribution in [2.24, 2.45) is 11.8 Å². The van der Waals surface area contributed by atoms with Crippen LogP contribution < -0.4 is 20.7 Å².